The van der Waals surface area contributed by atoms with Gasteiger partial charge in [-0.1, -0.05) is 41.9 Å². The fourth-order valence-corrected chi connectivity index (χ4v) is 2.54. The van der Waals surface area contributed by atoms with Crippen molar-refractivity contribution in [2.24, 2.45) is 0 Å². The molecule has 0 amide bonds. The molecule has 3 rings (SSSR count). The van der Waals surface area contributed by atoms with Gasteiger partial charge in [0.2, 0.25) is 0 Å². The van der Waals surface area contributed by atoms with E-state index >= 15 is 0 Å². The third kappa shape index (κ3) is 3.95. The van der Waals surface area contributed by atoms with E-state index in [0.717, 1.165) is 35.4 Å². The van der Waals surface area contributed by atoms with Crippen molar-refractivity contribution in [3.63, 3.8) is 0 Å². The second-order valence-corrected chi connectivity index (χ2v) is 5.19. The minimum absolute atomic E-state index is 0. The number of nitrogens with two attached hydrogens (primary N) is 1. The zero-order chi connectivity index (χ0) is 14.5. The molecule has 1 heterocycles. The molecule has 0 unspecified atom stereocenters. The van der Waals surface area contributed by atoms with Crippen LogP contribution in [-0.2, 0) is 6.54 Å². The number of benzene rings is 2. The third-order valence-corrected chi connectivity index (χ3v) is 3.72. The van der Waals surface area contributed by atoms with E-state index in [1.54, 1.807) is 6.26 Å². The van der Waals surface area contributed by atoms with Gasteiger partial charge in [0.25, 0.3) is 0 Å². The summed E-state index contributed by atoms with van der Waals surface area (Å²) in [4.78, 5) is 0. The maximum atomic E-state index is 6.39. The highest BCUT2D eigenvalue weighted by molar-refractivity contribution is 6.37. The fourth-order valence-electron chi connectivity index (χ4n) is 2.25. The first-order chi connectivity index (χ1) is 10.3. The van der Waals surface area contributed by atoms with E-state index in [1.165, 1.54) is 0 Å². The Hall–Kier alpha value is -1.68. The SMILES string of the molecule is Clc1c(OCC[NH2+]Cc2ccco2)ccc2ccccc12.[Cl-]. The maximum Gasteiger partial charge on any atom is 0.157 e. The molecule has 0 spiro atoms. The van der Waals surface area contributed by atoms with Gasteiger partial charge < -0.3 is 26.9 Å². The lowest BCUT2D eigenvalue weighted by Crippen LogP contribution is -3.00. The topological polar surface area (TPSA) is 39.0 Å². The second kappa shape index (κ2) is 8.08. The van der Waals surface area contributed by atoms with Gasteiger partial charge in [0.05, 0.1) is 11.3 Å². The molecule has 0 aliphatic carbocycles. The van der Waals surface area contributed by atoms with E-state index in [0.29, 0.717) is 11.6 Å². The number of halogens is 2. The molecule has 3 nitrogen and oxygen atoms in total. The van der Waals surface area contributed by atoms with Gasteiger partial charge in [0.1, 0.15) is 25.4 Å². The Balaban J connectivity index is 0.00000176. The van der Waals surface area contributed by atoms with Gasteiger partial charge in [-0.2, -0.15) is 0 Å². The normalized spacial score (nSPS) is 10.4. The molecule has 0 atom stereocenters. The molecule has 2 N–H and O–H groups in total. The van der Waals surface area contributed by atoms with E-state index in [2.05, 4.69) is 5.32 Å². The van der Waals surface area contributed by atoms with Crippen LogP contribution in [0.3, 0.4) is 0 Å². The first-order valence-electron chi connectivity index (χ1n) is 6.99. The molecule has 0 aliphatic heterocycles. The van der Waals surface area contributed by atoms with Crippen LogP contribution in [0.5, 0.6) is 5.75 Å². The Morgan fingerprint density at radius 2 is 1.91 bits per heavy atom. The van der Waals surface area contributed by atoms with Crippen molar-refractivity contribution >= 4 is 22.4 Å². The Bertz CT molecular complexity index is 714. The zero-order valence-electron chi connectivity index (χ0n) is 12.0. The van der Waals surface area contributed by atoms with Gasteiger partial charge in [-0.3, -0.25) is 0 Å². The van der Waals surface area contributed by atoms with E-state index in [9.17, 15) is 0 Å². The molecule has 3 aromatic rings. The van der Waals surface area contributed by atoms with Crippen LogP contribution in [0, 0.1) is 0 Å². The maximum absolute atomic E-state index is 6.39. The largest absolute Gasteiger partial charge is 1.00 e. The average Bonchev–Trinajstić information content (AvgIpc) is 3.03. The van der Waals surface area contributed by atoms with E-state index < -0.39 is 0 Å². The van der Waals surface area contributed by atoms with Crippen LogP contribution in [-0.4, -0.2) is 13.2 Å². The molecule has 0 radical (unpaired) electrons. The highest BCUT2D eigenvalue weighted by atomic mass is 35.5. The molecule has 0 saturated heterocycles. The highest BCUT2D eigenvalue weighted by Gasteiger charge is 2.06. The van der Waals surface area contributed by atoms with Crippen molar-refractivity contribution < 1.29 is 26.9 Å². The standard InChI is InChI=1S/C17H16ClNO2.ClH/c18-17-15-6-2-1-4-13(15)7-8-16(17)21-11-9-19-12-14-5-3-10-20-14;/h1-8,10,19H,9,11-12H2;1H. The van der Waals surface area contributed by atoms with Crippen molar-refractivity contribution in [3.8, 4) is 5.75 Å². The van der Waals surface area contributed by atoms with Crippen molar-refractivity contribution in [3.05, 3.63) is 65.6 Å². The molecule has 5 heteroatoms. The molecule has 0 fully saturated rings. The molecular weight excluding hydrogens is 321 g/mol. The fraction of sp³-hybridized carbons (Fsp3) is 0.176. The molecule has 0 aliphatic rings. The van der Waals surface area contributed by atoms with Gasteiger partial charge in [0, 0.05) is 5.39 Å². The number of rotatable bonds is 6. The summed E-state index contributed by atoms with van der Waals surface area (Å²) in [6.07, 6.45) is 1.69. The predicted octanol–water partition coefficient (Wildman–Crippen LogP) is 0.233. The number of quaternary nitrogens is 1. The van der Waals surface area contributed by atoms with Crippen LogP contribution >= 0.6 is 11.6 Å². The quantitative estimate of drug-likeness (QED) is 0.654. The van der Waals surface area contributed by atoms with Crippen molar-refractivity contribution in [2.45, 2.75) is 6.54 Å². The van der Waals surface area contributed by atoms with Crippen LogP contribution in [0.15, 0.2) is 59.2 Å². The average molecular weight is 338 g/mol. The molecule has 116 valence electrons. The summed E-state index contributed by atoms with van der Waals surface area (Å²) in [7, 11) is 0. The Morgan fingerprint density at radius 3 is 2.73 bits per heavy atom. The summed E-state index contributed by atoms with van der Waals surface area (Å²) in [5.74, 6) is 1.71. The summed E-state index contributed by atoms with van der Waals surface area (Å²) >= 11 is 6.39. The first kappa shape index (κ1) is 16.7. The lowest BCUT2D eigenvalue weighted by atomic mass is 10.1. The minimum atomic E-state index is 0. The number of fused-ring (bicyclic) bond motifs is 1. The van der Waals surface area contributed by atoms with Crippen molar-refractivity contribution in [2.75, 3.05) is 13.2 Å². The predicted molar refractivity (Wildman–Crippen MR) is 83.7 cm³/mol. The van der Waals surface area contributed by atoms with Crippen LogP contribution in [0.2, 0.25) is 5.02 Å². The number of ether oxygens (including phenoxy) is 1. The molecular formula is C17H17Cl2NO2. The number of hydrogen-bond acceptors (Lipinski definition) is 2. The summed E-state index contributed by atoms with van der Waals surface area (Å²) in [6.45, 7) is 2.28. The van der Waals surface area contributed by atoms with E-state index in [-0.39, 0.29) is 12.4 Å². The molecule has 2 aromatic carbocycles. The Morgan fingerprint density at radius 1 is 1.05 bits per heavy atom. The van der Waals surface area contributed by atoms with Gasteiger partial charge in [-0.15, -0.1) is 0 Å². The number of hydrogen-bond donors (Lipinski definition) is 1. The minimum Gasteiger partial charge on any atom is -1.00 e. The summed E-state index contributed by atoms with van der Waals surface area (Å²) in [5.41, 5.74) is 0. The van der Waals surface area contributed by atoms with Gasteiger partial charge in [0.15, 0.2) is 5.76 Å². The highest BCUT2D eigenvalue weighted by Crippen LogP contribution is 2.32. The first-order valence-corrected chi connectivity index (χ1v) is 7.36. The van der Waals surface area contributed by atoms with Gasteiger partial charge >= 0.3 is 0 Å². The van der Waals surface area contributed by atoms with Crippen molar-refractivity contribution in [1.29, 1.82) is 0 Å². The monoisotopic (exact) mass is 337 g/mol. The molecule has 0 bridgehead atoms. The van der Waals surface area contributed by atoms with E-state index in [1.807, 2.05) is 48.5 Å². The smallest absolute Gasteiger partial charge is 0.157 e. The lowest BCUT2D eigenvalue weighted by molar-refractivity contribution is -0.672. The molecule has 1 aromatic heterocycles. The zero-order valence-corrected chi connectivity index (χ0v) is 13.5. The summed E-state index contributed by atoms with van der Waals surface area (Å²) in [5, 5.41) is 4.97. The summed E-state index contributed by atoms with van der Waals surface area (Å²) < 4.78 is 11.0. The molecule has 0 saturated carbocycles. The lowest BCUT2D eigenvalue weighted by Gasteiger charge is -2.09. The van der Waals surface area contributed by atoms with Crippen LogP contribution in [0.1, 0.15) is 5.76 Å². The third-order valence-electron chi connectivity index (χ3n) is 3.33. The second-order valence-electron chi connectivity index (χ2n) is 4.81. The van der Waals surface area contributed by atoms with Gasteiger partial charge in [-0.25, -0.2) is 0 Å². The Kier molecular flexibility index (Phi) is 6.13. The summed E-state index contributed by atoms with van der Waals surface area (Å²) in [6, 6.07) is 15.9. The van der Waals surface area contributed by atoms with Crippen LogP contribution in [0.25, 0.3) is 10.8 Å². The van der Waals surface area contributed by atoms with E-state index in [4.69, 9.17) is 20.8 Å². The number of furan rings is 1. The van der Waals surface area contributed by atoms with Crippen LogP contribution < -0.4 is 22.5 Å². The van der Waals surface area contributed by atoms with Crippen molar-refractivity contribution in [1.82, 2.24) is 0 Å². The van der Waals surface area contributed by atoms with Gasteiger partial charge in [-0.05, 0) is 23.6 Å². The Labute approximate surface area is 140 Å². The molecule has 22 heavy (non-hydrogen) atoms. The van der Waals surface area contributed by atoms with Crippen LogP contribution in [0.4, 0.5) is 0 Å².